The molecule has 1 nitrogen and oxygen atoms in total. The van der Waals surface area contributed by atoms with Gasteiger partial charge in [0.25, 0.3) is 0 Å². The minimum atomic E-state index is 0.767. The summed E-state index contributed by atoms with van der Waals surface area (Å²) in [6.07, 6.45) is 5.62. The number of rotatable bonds is 3. The number of nitrogens with one attached hydrogen (secondary N) is 1. The van der Waals surface area contributed by atoms with Crippen LogP contribution in [0.25, 0.3) is 0 Å². The molecule has 0 spiro atoms. The summed E-state index contributed by atoms with van der Waals surface area (Å²) in [5, 5.41) is 3.52. The summed E-state index contributed by atoms with van der Waals surface area (Å²) >= 11 is 0. The summed E-state index contributed by atoms with van der Waals surface area (Å²) < 4.78 is 0. The quantitative estimate of drug-likeness (QED) is 0.709. The van der Waals surface area contributed by atoms with E-state index in [4.69, 9.17) is 0 Å². The summed E-state index contributed by atoms with van der Waals surface area (Å²) in [6.45, 7) is 7.12. The van der Waals surface area contributed by atoms with E-state index < -0.39 is 0 Å². The molecule has 0 aromatic heterocycles. The lowest BCUT2D eigenvalue weighted by Gasteiger charge is -2.39. The van der Waals surface area contributed by atoms with E-state index in [0.717, 1.165) is 23.8 Å². The van der Waals surface area contributed by atoms with Gasteiger partial charge in [0, 0.05) is 6.04 Å². The van der Waals surface area contributed by atoms with Crippen molar-refractivity contribution in [3.63, 3.8) is 0 Å². The van der Waals surface area contributed by atoms with Crippen LogP contribution in [0.3, 0.4) is 0 Å². The Kier molecular flexibility index (Phi) is 4.24. The second kappa shape index (κ2) is 4.99. The highest BCUT2D eigenvalue weighted by Crippen LogP contribution is 2.34. The van der Waals surface area contributed by atoms with E-state index >= 15 is 0 Å². The van der Waals surface area contributed by atoms with E-state index in [-0.39, 0.29) is 0 Å². The molecule has 1 heteroatoms. The minimum absolute atomic E-state index is 0.767. The Hall–Kier alpha value is -0.0400. The molecular weight excluding hydrogens is 158 g/mol. The van der Waals surface area contributed by atoms with Gasteiger partial charge in [-0.15, -0.1) is 0 Å². The third-order valence-corrected chi connectivity index (χ3v) is 3.98. The minimum Gasteiger partial charge on any atom is -0.316 e. The first-order valence-electron chi connectivity index (χ1n) is 5.88. The zero-order valence-electron chi connectivity index (χ0n) is 9.64. The fraction of sp³-hybridized carbons (Fsp3) is 1.00. The van der Waals surface area contributed by atoms with E-state index in [1.807, 2.05) is 0 Å². The van der Waals surface area contributed by atoms with Crippen molar-refractivity contribution in [1.82, 2.24) is 5.32 Å². The van der Waals surface area contributed by atoms with Crippen LogP contribution < -0.4 is 5.32 Å². The number of hydrogen-bond acceptors (Lipinski definition) is 1. The summed E-state index contributed by atoms with van der Waals surface area (Å²) in [6, 6.07) is 0.767. The average Bonchev–Trinajstić information content (AvgIpc) is 2.16. The van der Waals surface area contributed by atoms with Crippen LogP contribution in [0.1, 0.15) is 46.5 Å². The van der Waals surface area contributed by atoms with E-state index in [9.17, 15) is 0 Å². The maximum Gasteiger partial charge on any atom is 0.0120 e. The summed E-state index contributed by atoms with van der Waals surface area (Å²) in [4.78, 5) is 0. The first-order chi connectivity index (χ1) is 6.20. The highest BCUT2D eigenvalue weighted by molar-refractivity contribution is 4.86. The molecule has 1 N–H and O–H groups in total. The molecule has 0 amide bonds. The van der Waals surface area contributed by atoms with Crippen LogP contribution in [-0.4, -0.2) is 13.1 Å². The van der Waals surface area contributed by atoms with Gasteiger partial charge < -0.3 is 5.32 Å². The summed E-state index contributed by atoms with van der Waals surface area (Å²) in [7, 11) is 2.13. The van der Waals surface area contributed by atoms with Gasteiger partial charge in [0.15, 0.2) is 0 Å². The molecule has 1 aliphatic rings. The normalized spacial score (nSPS) is 37.4. The Bertz CT molecular complexity index is 144. The van der Waals surface area contributed by atoms with Gasteiger partial charge in [0.05, 0.1) is 0 Å². The van der Waals surface area contributed by atoms with Gasteiger partial charge in [0.2, 0.25) is 0 Å². The van der Waals surface area contributed by atoms with E-state index in [1.54, 1.807) is 0 Å². The molecule has 0 aliphatic heterocycles. The highest BCUT2D eigenvalue weighted by Gasteiger charge is 2.31. The topological polar surface area (TPSA) is 12.0 Å². The molecule has 0 saturated heterocycles. The Labute approximate surface area is 83.3 Å². The van der Waals surface area contributed by atoms with Crippen LogP contribution in [0.2, 0.25) is 0 Å². The zero-order valence-corrected chi connectivity index (χ0v) is 9.64. The fourth-order valence-electron chi connectivity index (χ4n) is 2.90. The molecular formula is C12H25N. The fourth-order valence-corrected chi connectivity index (χ4v) is 2.90. The SMILES string of the molecule is CCC(C)C1CCCC(C)C1NC. The van der Waals surface area contributed by atoms with Crippen molar-refractivity contribution < 1.29 is 0 Å². The average molecular weight is 183 g/mol. The van der Waals surface area contributed by atoms with Gasteiger partial charge in [-0.3, -0.25) is 0 Å². The van der Waals surface area contributed by atoms with Gasteiger partial charge in [0.1, 0.15) is 0 Å². The molecule has 1 aliphatic carbocycles. The molecule has 0 aromatic rings. The standard InChI is InChI=1S/C12H25N/c1-5-9(2)11-8-6-7-10(3)12(11)13-4/h9-13H,5-8H2,1-4H3. The maximum absolute atomic E-state index is 3.52. The molecule has 1 rings (SSSR count). The third kappa shape index (κ3) is 2.46. The van der Waals surface area contributed by atoms with E-state index in [1.165, 1.54) is 25.7 Å². The monoisotopic (exact) mass is 183 g/mol. The Balaban J connectivity index is 2.58. The molecule has 0 bridgehead atoms. The van der Waals surface area contributed by atoms with Crippen LogP contribution in [0.15, 0.2) is 0 Å². The first-order valence-corrected chi connectivity index (χ1v) is 5.88. The maximum atomic E-state index is 3.52. The molecule has 1 saturated carbocycles. The molecule has 13 heavy (non-hydrogen) atoms. The lowest BCUT2D eigenvalue weighted by atomic mass is 9.72. The number of hydrogen-bond donors (Lipinski definition) is 1. The van der Waals surface area contributed by atoms with Crippen LogP contribution >= 0.6 is 0 Å². The highest BCUT2D eigenvalue weighted by atomic mass is 14.9. The molecule has 4 atom stereocenters. The van der Waals surface area contributed by atoms with Gasteiger partial charge >= 0.3 is 0 Å². The van der Waals surface area contributed by atoms with Crippen LogP contribution in [0.4, 0.5) is 0 Å². The molecule has 78 valence electrons. The third-order valence-electron chi connectivity index (χ3n) is 3.98. The molecule has 0 aromatic carbocycles. The van der Waals surface area contributed by atoms with Crippen molar-refractivity contribution in [2.24, 2.45) is 17.8 Å². The van der Waals surface area contributed by atoms with Gasteiger partial charge in [-0.05, 0) is 37.6 Å². The molecule has 1 fully saturated rings. The molecule has 0 heterocycles. The van der Waals surface area contributed by atoms with Crippen LogP contribution in [0.5, 0.6) is 0 Å². The Morgan fingerprint density at radius 2 is 2.08 bits per heavy atom. The summed E-state index contributed by atoms with van der Waals surface area (Å²) in [5.41, 5.74) is 0. The van der Waals surface area contributed by atoms with Crippen molar-refractivity contribution in [2.75, 3.05) is 7.05 Å². The molecule has 0 radical (unpaired) electrons. The van der Waals surface area contributed by atoms with Gasteiger partial charge in [-0.25, -0.2) is 0 Å². The molecule has 4 unspecified atom stereocenters. The zero-order chi connectivity index (χ0) is 9.84. The smallest absolute Gasteiger partial charge is 0.0120 e. The van der Waals surface area contributed by atoms with Crippen molar-refractivity contribution in [1.29, 1.82) is 0 Å². The van der Waals surface area contributed by atoms with Crippen LogP contribution in [0, 0.1) is 17.8 Å². The van der Waals surface area contributed by atoms with Gasteiger partial charge in [-0.2, -0.15) is 0 Å². The van der Waals surface area contributed by atoms with E-state index in [0.29, 0.717) is 0 Å². The van der Waals surface area contributed by atoms with Crippen molar-refractivity contribution in [3.05, 3.63) is 0 Å². The largest absolute Gasteiger partial charge is 0.316 e. The van der Waals surface area contributed by atoms with Crippen molar-refractivity contribution in [2.45, 2.75) is 52.5 Å². The second-order valence-electron chi connectivity index (χ2n) is 4.77. The lowest BCUT2D eigenvalue weighted by Crippen LogP contribution is -2.44. The summed E-state index contributed by atoms with van der Waals surface area (Å²) in [5.74, 6) is 2.68. The Morgan fingerprint density at radius 3 is 2.62 bits per heavy atom. The van der Waals surface area contributed by atoms with Crippen molar-refractivity contribution in [3.8, 4) is 0 Å². The Morgan fingerprint density at radius 1 is 1.38 bits per heavy atom. The predicted molar refractivity (Wildman–Crippen MR) is 58.8 cm³/mol. The second-order valence-corrected chi connectivity index (χ2v) is 4.77. The first kappa shape index (κ1) is 11.0. The van der Waals surface area contributed by atoms with Gasteiger partial charge in [-0.1, -0.05) is 33.6 Å². The predicted octanol–water partition coefficient (Wildman–Crippen LogP) is 3.06. The van der Waals surface area contributed by atoms with Crippen molar-refractivity contribution >= 4 is 0 Å². The lowest BCUT2D eigenvalue weighted by molar-refractivity contribution is 0.150. The van der Waals surface area contributed by atoms with E-state index in [2.05, 4.69) is 33.1 Å². The van der Waals surface area contributed by atoms with Crippen LogP contribution in [-0.2, 0) is 0 Å².